The number of benzene rings is 2. The third-order valence-corrected chi connectivity index (χ3v) is 5.00. The molecule has 2 aromatic rings. The molecular weight excluding hydrogens is 380 g/mol. The van der Waals surface area contributed by atoms with Gasteiger partial charge in [0, 0.05) is 42.1 Å². The molecule has 7 nitrogen and oxygen atoms in total. The van der Waals surface area contributed by atoms with Crippen molar-refractivity contribution in [1.82, 2.24) is 10.2 Å². The highest BCUT2D eigenvalue weighted by molar-refractivity contribution is 5.97. The SMILES string of the molecule is CCNC(=O)c1ccc(NCC(=O)Nc2ccc(C(=O)N3CCCCC3)cc2)cc1. The van der Waals surface area contributed by atoms with E-state index in [1.807, 2.05) is 11.8 Å². The number of amides is 3. The van der Waals surface area contributed by atoms with Crippen molar-refractivity contribution in [3.05, 3.63) is 59.7 Å². The molecule has 1 fully saturated rings. The first kappa shape index (κ1) is 21.4. The lowest BCUT2D eigenvalue weighted by molar-refractivity contribution is -0.114. The van der Waals surface area contributed by atoms with Gasteiger partial charge in [-0.1, -0.05) is 0 Å². The molecule has 1 aliphatic heterocycles. The average Bonchev–Trinajstić information content (AvgIpc) is 2.79. The second-order valence-electron chi connectivity index (χ2n) is 7.27. The molecule has 0 unspecified atom stereocenters. The molecule has 1 saturated heterocycles. The molecule has 0 saturated carbocycles. The lowest BCUT2D eigenvalue weighted by Crippen LogP contribution is -2.35. The Hall–Kier alpha value is -3.35. The number of anilines is 2. The lowest BCUT2D eigenvalue weighted by Gasteiger charge is -2.26. The van der Waals surface area contributed by atoms with Crippen molar-refractivity contribution in [2.24, 2.45) is 0 Å². The predicted molar refractivity (Wildman–Crippen MR) is 118 cm³/mol. The van der Waals surface area contributed by atoms with E-state index in [0.717, 1.165) is 31.6 Å². The van der Waals surface area contributed by atoms with E-state index < -0.39 is 0 Å². The van der Waals surface area contributed by atoms with E-state index in [1.165, 1.54) is 6.42 Å². The Bertz CT molecular complexity index is 872. The molecule has 7 heteroatoms. The Morgan fingerprint density at radius 1 is 0.833 bits per heavy atom. The maximum absolute atomic E-state index is 12.5. The third-order valence-electron chi connectivity index (χ3n) is 5.00. The molecule has 158 valence electrons. The maximum atomic E-state index is 12.5. The zero-order valence-electron chi connectivity index (χ0n) is 17.2. The number of hydrogen-bond acceptors (Lipinski definition) is 4. The second-order valence-corrected chi connectivity index (χ2v) is 7.27. The van der Waals surface area contributed by atoms with Crippen LogP contribution in [0.4, 0.5) is 11.4 Å². The van der Waals surface area contributed by atoms with Crippen LogP contribution in [0.5, 0.6) is 0 Å². The number of nitrogens with one attached hydrogen (secondary N) is 3. The summed E-state index contributed by atoms with van der Waals surface area (Å²) in [5.74, 6) is -0.271. The van der Waals surface area contributed by atoms with Gasteiger partial charge in [0.2, 0.25) is 5.91 Å². The van der Waals surface area contributed by atoms with Crippen molar-refractivity contribution in [3.63, 3.8) is 0 Å². The topological polar surface area (TPSA) is 90.5 Å². The number of likely N-dealkylation sites (tertiary alicyclic amines) is 1. The quantitative estimate of drug-likeness (QED) is 0.657. The minimum atomic E-state index is -0.196. The molecule has 2 aromatic carbocycles. The number of hydrogen-bond donors (Lipinski definition) is 3. The third kappa shape index (κ3) is 5.83. The molecule has 0 aromatic heterocycles. The first-order valence-electron chi connectivity index (χ1n) is 10.4. The van der Waals surface area contributed by atoms with Gasteiger partial charge in [0.1, 0.15) is 0 Å². The Labute approximate surface area is 176 Å². The lowest BCUT2D eigenvalue weighted by atomic mass is 10.1. The van der Waals surface area contributed by atoms with Crippen molar-refractivity contribution in [2.75, 3.05) is 36.8 Å². The van der Waals surface area contributed by atoms with Gasteiger partial charge in [-0.3, -0.25) is 14.4 Å². The molecule has 0 bridgehead atoms. The van der Waals surface area contributed by atoms with Crippen LogP contribution in [0.3, 0.4) is 0 Å². The molecule has 3 N–H and O–H groups in total. The minimum Gasteiger partial charge on any atom is -0.376 e. The van der Waals surface area contributed by atoms with Gasteiger partial charge in [-0.15, -0.1) is 0 Å². The van der Waals surface area contributed by atoms with E-state index in [1.54, 1.807) is 48.5 Å². The summed E-state index contributed by atoms with van der Waals surface area (Å²) in [6, 6.07) is 13.9. The van der Waals surface area contributed by atoms with Crippen LogP contribution in [-0.2, 0) is 4.79 Å². The van der Waals surface area contributed by atoms with E-state index in [9.17, 15) is 14.4 Å². The van der Waals surface area contributed by atoms with Crippen molar-refractivity contribution >= 4 is 29.1 Å². The number of carbonyl (C=O) groups is 3. The van der Waals surface area contributed by atoms with Crippen LogP contribution in [0.25, 0.3) is 0 Å². The standard InChI is InChI=1S/C23H28N4O3/c1-2-24-22(29)17-6-10-19(11-7-17)25-16-21(28)26-20-12-8-18(9-13-20)23(30)27-14-4-3-5-15-27/h6-13,25H,2-5,14-16H2,1H3,(H,24,29)(H,26,28). The van der Waals surface area contributed by atoms with E-state index in [0.29, 0.717) is 23.4 Å². The molecule has 3 rings (SSSR count). The summed E-state index contributed by atoms with van der Waals surface area (Å²) in [6.45, 7) is 4.16. The maximum Gasteiger partial charge on any atom is 0.253 e. The van der Waals surface area contributed by atoms with Crippen LogP contribution in [0, 0.1) is 0 Å². The Balaban J connectivity index is 1.47. The van der Waals surface area contributed by atoms with Crippen LogP contribution < -0.4 is 16.0 Å². The predicted octanol–water partition coefficient (Wildman–Crippen LogP) is 3.11. The summed E-state index contributed by atoms with van der Waals surface area (Å²) in [5, 5.41) is 8.59. The van der Waals surface area contributed by atoms with Crippen molar-refractivity contribution in [2.45, 2.75) is 26.2 Å². The number of carbonyl (C=O) groups excluding carboxylic acids is 3. The fraction of sp³-hybridized carbons (Fsp3) is 0.348. The summed E-state index contributed by atoms with van der Waals surface area (Å²) >= 11 is 0. The van der Waals surface area contributed by atoms with Crippen molar-refractivity contribution < 1.29 is 14.4 Å². The first-order chi connectivity index (χ1) is 14.6. The van der Waals surface area contributed by atoms with Gasteiger partial charge in [0.05, 0.1) is 6.54 Å². The zero-order chi connectivity index (χ0) is 21.3. The van der Waals surface area contributed by atoms with Crippen LogP contribution in [-0.4, -0.2) is 48.8 Å². The molecule has 0 spiro atoms. The number of piperidine rings is 1. The second kappa shape index (κ2) is 10.4. The van der Waals surface area contributed by atoms with Gasteiger partial charge in [-0.05, 0) is 74.7 Å². The van der Waals surface area contributed by atoms with Crippen LogP contribution >= 0.6 is 0 Å². The summed E-state index contributed by atoms with van der Waals surface area (Å²) in [5.41, 5.74) is 2.61. The van der Waals surface area contributed by atoms with Gasteiger partial charge >= 0.3 is 0 Å². The highest BCUT2D eigenvalue weighted by Gasteiger charge is 2.18. The van der Waals surface area contributed by atoms with E-state index in [4.69, 9.17) is 0 Å². The Morgan fingerprint density at radius 3 is 2.07 bits per heavy atom. The highest BCUT2D eigenvalue weighted by atomic mass is 16.2. The summed E-state index contributed by atoms with van der Waals surface area (Å²) < 4.78 is 0. The molecule has 3 amide bonds. The monoisotopic (exact) mass is 408 g/mol. The summed E-state index contributed by atoms with van der Waals surface area (Å²) in [6.07, 6.45) is 3.30. The molecule has 1 aliphatic rings. The van der Waals surface area contributed by atoms with E-state index in [-0.39, 0.29) is 24.3 Å². The van der Waals surface area contributed by atoms with Crippen molar-refractivity contribution in [1.29, 1.82) is 0 Å². The highest BCUT2D eigenvalue weighted by Crippen LogP contribution is 2.16. The number of nitrogens with zero attached hydrogens (tertiary/aromatic N) is 1. The van der Waals surface area contributed by atoms with Gasteiger partial charge in [-0.2, -0.15) is 0 Å². The molecular formula is C23H28N4O3. The van der Waals surface area contributed by atoms with Gasteiger partial charge in [-0.25, -0.2) is 0 Å². The van der Waals surface area contributed by atoms with Crippen LogP contribution in [0.1, 0.15) is 46.9 Å². The fourth-order valence-electron chi connectivity index (χ4n) is 3.37. The molecule has 30 heavy (non-hydrogen) atoms. The van der Waals surface area contributed by atoms with Gasteiger partial charge < -0.3 is 20.9 Å². The Morgan fingerprint density at radius 2 is 1.43 bits per heavy atom. The molecule has 0 atom stereocenters. The van der Waals surface area contributed by atoms with Crippen LogP contribution in [0.15, 0.2) is 48.5 Å². The molecule has 0 radical (unpaired) electrons. The summed E-state index contributed by atoms with van der Waals surface area (Å²) in [7, 11) is 0. The average molecular weight is 409 g/mol. The summed E-state index contributed by atoms with van der Waals surface area (Å²) in [4.78, 5) is 38.3. The van der Waals surface area contributed by atoms with E-state index >= 15 is 0 Å². The minimum absolute atomic E-state index is 0.0466. The van der Waals surface area contributed by atoms with Crippen LogP contribution in [0.2, 0.25) is 0 Å². The largest absolute Gasteiger partial charge is 0.376 e. The van der Waals surface area contributed by atoms with E-state index in [2.05, 4.69) is 16.0 Å². The Kier molecular flexibility index (Phi) is 7.43. The zero-order valence-corrected chi connectivity index (χ0v) is 17.2. The smallest absolute Gasteiger partial charge is 0.253 e. The number of rotatable bonds is 7. The first-order valence-corrected chi connectivity index (χ1v) is 10.4. The van der Waals surface area contributed by atoms with Gasteiger partial charge in [0.25, 0.3) is 11.8 Å². The van der Waals surface area contributed by atoms with Crippen molar-refractivity contribution in [3.8, 4) is 0 Å². The van der Waals surface area contributed by atoms with Gasteiger partial charge in [0.15, 0.2) is 0 Å². The normalized spacial score (nSPS) is 13.4. The fourth-order valence-corrected chi connectivity index (χ4v) is 3.37. The molecule has 1 heterocycles. The molecule has 0 aliphatic carbocycles.